The van der Waals surface area contributed by atoms with Gasteiger partial charge in [0.05, 0.1) is 19.2 Å². The molecule has 1 aliphatic rings. The molecule has 3 rings (SSSR count). The number of hydrogen-bond acceptors (Lipinski definition) is 4. The Bertz CT molecular complexity index is 834. The largest absolute Gasteiger partial charge is 1.00 e. The first kappa shape index (κ1) is 20.4. The molecule has 6 nitrogen and oxygen atoms in total. The number of rotatable bonds is 3. The number of hydrogen-bond donors (Lipinski definition) is 1. The number of nitriles is 1. The SMILES string of the molecule is N#C[C@@H]1CC(F)CN1C(=O)CNC(=O)c1ccnc2[c-]cccc12.[Cs+]. The summed E-state index contributed by atoms with van der Waals surface area (Å²) in [7, 11) is 0. The molecule has 1 aliphatic heterocycles. The molecule has 1 aromatic heterocycles. The maximum Gasteiger partial charge on any atom is 1.00 e. The number of para-hydroxylation sites is 1. The Morgan fingerprint density at radius 2 is 2.28 bits per heavy atom. The second-order valence-corrected chi connectivity index (χ2v) is 5.50. The quantitative estimate of drug-likeness (QED) is 0.552. The Kier molecular flexibility index (Phi) is 7.42. The fourth-order valence-electron chi connectivity index (χ4n) is 2.76. The van der Waals surface area contributed by atoms with Crippen LogP contribution in [0.3, 0.4) is 0 Å². The van der Waals surface area contributed by atoms with E-state index in [0.717, 1.165) is 0 Å². The van der Waals surface area contributed by atoms with Gasteiger partial charge in [0.1, 0.15) is 12.2 Å². The summed E-state index contributed by atoms with van der Waals surface area (Å²) >= 11 is 0. The zero-order valence-electron chi connectivity index (χ0n) is 13.7. The number of pyridine rings is 1. The van der Waals surface area contributed by atoms with E-state index in [-0.39, 0.29) is 88.4 Å². The molecule has 2 amide bonds. The molecule has 0 bridgehead atoms. The van der Waals surface area contributed by atoms with Gasteiger partial charge in [0.15, 0.2) is 0 Å². The van der Waals surface area contributed by atoms with Gasteiger partial charge in [-0.1, -0.05) is 5.39 Å². The predicted molar refractivity (Wildman–Crippen MR) is 83.5 cm³/mol. The Morgan fingerprint density at radius 3 is 3.04 bits per heavy atom. The average Bonchev–Trinajstić information content (AvgIpc) is 3.00. The molecule has 25 heavy (non-hydrogen) atoms. The predicted octanol–water partition coefficient (Wildman–Crippen LogP) is -1.77. The Balaban J connectivity index is 0.00000225. The maximum atomic E-state index is 13.4. The summed E-state index contributed by atoms with van der Waals surface area (Å²) in [5.41, 5.74) is 0.937. The molecular formula is C17H14CsFN4O2. The van der Waals surface area contributed by atoms with Gasteiger partial charge in [0.2, 0.25) is 11.8 Å². The van der Waals surface area contributed by atoms with E-state index in [4.69, 9.17) is 5.26 Å². The van der Waals surface area contributed by atoms with Crippen molar-refractivity contribution in [2.75, 3.05) is 13.1 Å². The second-order valence-electron chi connectivity index (χ2n) is 5.50. The number of aromatic nitrogens is 1. The first-order chi connectivity index (χ1) is 11.6. The van der Waals surface area contributed by atoms with Gasteiger partial charge in [-0.25, -0.2) is 4.39 Å². The summed E-state index contributed by atoms with van der Waals surface area (Å²) in [6.45, 7) is -0.399. The first-order valence-electron chi connectivity index (χ1n) is 7.47. The zero-order valence-corrected chi connectivity index (χ0v) is 20.0. The van der Waals surface area contributed by atoms with E-state index in [1.165, 1.54) is 11.1 Å². The number of likely N-dealkylation sites (tertiary alicyclic amines) is 1. The van der Waals surface area contributed by atoms with Crippen LogP contribution in [0.2, 0.25) is 0 Å². The summed E-state index contributed by atoms with van der Waals surface area (Å²) in [6, 6.07) is 10.8. The first-order valence-corrected chi connectivity index (χ1v) is 7.47. The number of nitrogens with one attached hydrogen (secondary N) is 1. The third-order valence-electron chi connectivity index (χ3n) is 3.93. The molecule has 8 heteroatoms. The number of benzene rings is 1. The number of amides is 2. The third kappa shape index (κ3) is 4.61. The molecule has 1 saturated heterocycles. The van der Waals surface area contributed by atoms with Gasteiger partial charge in [0.25, 0.3) is 0 Å². The molecule has 1 fully saturated rings. The molecule has 2 aromatic rings. The molecule has 1 unspecified atom stereocenters. The number of nitrogens with zero attached hydrogens (tertiary/aromatic N) is 3. The van der Waals surface area contributed by atoms with Crippen molar-refractivity contribution in [1.29, 1.82) is 5.26 Å². The molecule has 0 spiro atoms. The molecule has 1 aromatic carbocycles. The van der Waals surface area contributed by atoms with Crippen molar-refractivity contribution in [3.8, 4) is 6.07 Å². The minimum atomic E-state index is -1.20. The summed E-state index contributed by atoms with van der Waals surface area (Å²) in [5, 5.41) is 12.1. The van der Waals surface area contributed by atoms with Gasteiger partial charge in [-0.3, -0.25) is 14.6 Å². The fourth-order valence-corrected chi connectivity index (χ4v) is 2.76. The fraction of sp³-hybridized carbons (Fsp3) is 0.294. The van der Waals surface area contributed by atoms with E-state index in [0.29, 0.717) is 16.5 Å². The summed E-state index contributed by atoms with van der Waals surface area (Å²) in [5.74, 6) is -0.903. The van der Waals surface area contributed by atoms with Crippen LogP contribution in [-0.2, 0) is 4.79 Å². The second kappa shape index (κ2) is 9.12. The maximum absolute atomic E-state index is 13.4. The van der Waals surface area contributed by atoms with Crippen LogP contribution in [0.25, 0.3) is 10.9 Å². The van der Waals surface area contributed by atoms with E-state index in [1.54, 1.807) is 24.3 Å². The van der Waals surface area contributed by atoms with Gasteiger partial charge in [-0.15, -0.1) is 0 Å². The van der Waals surface area contributed by atoms with Crippen LogP contribution in [0.4, 0.5) is 4.39 Å². The number of alkyl halides is 1. The minimum absolute atomic E-state index is 0. The van der Waals surface area contributed by atoms with Crippen molar-refractivity contribution in [1.82, 2.24) is 15.2 Å². The van der Waals surface area contributed by atoms with Crippen molar-refractivity contribution < 1.29 is 82.9 Å². The van der Waals surface area contributed by atoms with Crippen molar-refractivity contribution in [3.05, 3.63) is 42.1 Å². The van der Waals surface area contributed by atoms with Crippen LogP contribution in [0.1, 0.15) is 16.8 Å². The number of carbonyl (C=O) groups is 2. The zero-order chi connectivity index (χ0) is 17.1. The van der Waals surface area contributed by atoms with Gasteiger partial charge < -0.3 is 10.2 Å². The van der Waals surface area contributed by atoms with Crippen molar-refractivity contribution in [2.24, 2.45) is 0 Å². The Morgan fingerprint density at radius 1 is 1.48 bits per heavy atom. The molecule has 2 atom stereocenters. The van der Waals surface area contributed by atoms with Crippen LogP contribution in [0.5, 0.6) is 0 Å². The van der Waals surface area contributed by atoms with Crippen LogP contribution in [0, 0.1) is 17.4 Å². The Hall–Kier alpha value is -0.958. The Labute approximate surface area is 203 Å². The molecule has 122 valence electrons. The van der Waals surface area contributed by atoms with Crippen LogP contribution in [0.15, 0.2) is 30.5 Å². The summed E-state index contributed by atoms with van der Waals surface area (Å²) < 4.78 is 13.4. The minimum Gasteiger partial charge on any atom is -0.344 e. The van der Waals surface area contributed by atoms with Gasteiger partial charge in [-0.05, 0) is 17.1 Å². The van der Waals surface area contributed by atoms with Gasteiger partial charge >= 0.3 is 68.9 Å². The molecule has 0 saturated carbocycles. The smallest absolute Gasteiger partial charge is 0.344 e. The van der Waals surface area contributed by atoms with Gasteiger partial charge in [0, 0.05) is 12.6 Å². The average molecular weight is 458 g/mol. The molecule has 1 N–H and O–H groups in total. The number of carbonyl (C=O) groups excluding carboxylic acids is 2. The topological polar surface area (TPSA) is 86.1 Å². The van der Waals surface area contributed by atoms with Crippen LogP contribution >= 0.6 is 0 Å². The monoisotopic (exact) mass is 458 g/mol. The van der Waals surface area contributed by atoms with Crippen molar-refractivity contribution in [3.63, 3.8) is 0 Å². The van der Waals surface area contributed by atoms with Gasteiger partial charge in [-0.2, -0.15) is 29.5 Å². The van der Waals surface area contributed by atoms with E-state index in [2.05, 4.69) is 16.4 Å². The van der Waals surface area contributed by atoms with Crippen molar-refractivity contribution >= 4 is 22.7 Å². The molecule has 2 heterocycles. The normalized spacial score (nSPS) is 19.1. The standard InChI is InChI=1S/C17H14FN4O2.Cs/c18-11-7-12(8-19)22(10-11)16(23)9-21-17(24)14-5-6-20-15-4-2-1-3-13(14)15;/h1-3,5-6,11-12H,7,9-10H2,(H,21,24);/q-1;+1/t11?,12-;/m0./s1. The van der Waals surface area contributed by atoms with Crippen molar-refractivity contribution in [2.45, 2.75) is 18.6 Å². The summed E-state index contributed by atoms with van der Waals surface area (Å²) in [6.07, 6.45) is 0.310. The number of fused-ring (bicyclic) bond motifs is 1. The van der Waals surface area contributed by atoms with E-state index in [1.807, 2.05) is 6.07 Å². The van der Waals surface area contributed by atoms with E-state index >= 15 is 0 Å². The molecule has 0 radical (unpaired) electrons. The summed E-state index contributed by atoms with van der Waals surface area (Å²) in [4.78, 5) is 29.8. The van der Waals surface area contributed by atoms with E-state index < -0.39 is 24.0 Å². The third-order valence-corrected chi connectivity index (χ3v) is 3.93. The number of halogens is 1. The molecule has 0 aliphatic carbocycles. The van der Waals surface area contributed by atoms with Crippen LogP contribution < -0.4 is 74.2 Å². The van der Waals surface area contributed by atoms with Crippen LogP contribution in [-0.4, -0.2) is 47.0 Å². The van der Waals surface area contributed by atoms with E-state index in [9.17, 15) is 14.0 Å². The molecular weight excluding hydrogens is 444 g/mol.